The second-order valence-electron chi connectivity index (χ2n) is 16.5. The van der Waals surface area contributed by atoms with Crippen molar-refractivity contribution >= 4 is 48.6 Å². The number of fused-ring (bicyclic) bond motifs is 6. The number of para-hydroxylation sites is 1. The normalized spacial score (nSPS) is 23.3. The molecule has 5 aliphatic carbocycles. The van der Waals surface area contributed by atoms with Crippen LogP contribution in [0.3, 0.4) is 0 Å². The average Bonchev–Trinajstić information content (AvgIpc) is 3.73. The minimum Gasteiger partial charge on any atom is -0.310 e. The molecule has 4 bridgehead atoms. The molecule has 54 heavy (non-hydrogen) atoms. The first-order valence-electron chi connectivity index (χ1n) is 19.9. The van der Waals surface area contributed by atoms with E-state index in [1.54, 1.807) is 11.1 Å². The lowest BCUT2D eigenvalue weighted by molar-refractivity contribution is -0.0399. The Morgan fingerprint density at radius 2 is 1.07 bits per heavy atom. The number of hydrogen-bond donors (Lipinski definition) is 0. The number of benzene rings is 7. The lowest BCUT2D eigenvalue weighted by atomic mass is 9.43. The van der Waals surface area contributed by atoms with Gasteiger partial charge in [-0.15, -0.1) is 11.3 Å². The van der Waals surface area contributed by atoms with E-state index in [0.717, 1.165) is 23.7 Å². The zero-order valence-electron chi connectivity index (χ0n) is 30.3. The Kier molecular flexibility index (Phi) is 6.75. The first-order valence-corrected chi connectivity index (χ1v) is 20.7. The van der Waals surface area contributed by atoms with Crippen LogP contribution >= 0.6 is 11.3 Å². The minimum absolute atomic E-state index is 0.101. The van der Waals surface area contributed by atoms with Crippen LogP contribution in [0.15, 0.2) is 164 Å². The van der Waals surface area contributed by atoms with E-state index in [0.29, 0.717) is 0 Å². The number of nitrogens with zero attached hydrogens (tertiary/aromatic N) is 1. The molecule has 1 nitrogen and oxygen atoms in total. The summed E-state index contributed by atoms with van der Waals surface area (Å²) in [6.45, 7) is 0. The van der Waals surface area contributed by atoms with Gasteiger partial charge in [0, 0.05) is 42.5 Å². The molecule has 0 N–H and O–H groups in total. The van der Waals surface area contributed by atoms with Gasteiger partial charge in [-0.1, -0.05) is 121 Å². The van der Waals surface area contributed by atoms with Crippen LogP contribution in [0.2, 0.25) is 0 Å². The van der Waals surface area contributed by atoms with Crippen molar-refractivity contribution in [1.29, 1.82) is 0 Å². The highest BCUT2D eigenvalue weighted by atomic mass is 32.1. The second-order valence-corrected chi connectivity index (χ2v) is 17.6. The third kappa shape index (κ3) is 4.44. The Bertz CT molecular complexity index is 2710. The van der Waals surface area contributed by atoms with Gasteiger partial charge in [0.2, 0.25) is 0 Å². The van der Waals surface area contributed by atoms with Crippen LogP contribution in [-0.2, 0) is 5.41 Å². The molecule has 260 valence electrons. The molecular formula is C52H41NS. The van der Waals surface area contributed by atoms with Crippen LogP contribution < -0.4 is 4.90 Å². The van der Waals surface area contributed by atoms with Gasteiger partial charge in [-0.05, 0) is 137 Å². The highest BCUT2D eigenvalue weighted by Crippen LogP contribution is 2.70. The summed E-state index contributed by atoms with van der Waals surface area (Å²) in [5.74, 6) is 3.26. The minimum atomic E-state index is 0.101. The van der Waals surface area contributed by atoms with E-state index in [4.69, 9.17) is 0 Å². The highest BCUT2D eigenvalue weighted by molar-refractivity contribution is 7.25. The molecule has 1 aromatic heterocycles. The standard InChI is InChI=1S/C52H41NS/c1-3-11-35(12-4-1)37-19-22-43-46-31-40(21-24-47(46)52(48(43)30-37)38-26-33-25-34(28-38)29-39(52)27-33)53(49-17-9-7-15-42(49)36-13-5-2-6-14-36)41-20-23-45-44-16-8-10-18-50(44)54-51(45)32-41/h1-24,30-34,38-39H,25-29H2. The molecule has 8 aromatic rings. The van der Waals surface area contributed by atoms with Crippen LogP contribution in [0.4, 0.5) is 17.1 Å². The number of anilines is 3. The maximum Gasteiger partial charge on any atom is 0.0540 e. The molecule has 2 heteroatoms. The summed E-state index contributed by atoms with van der Waals surface area (Å²) < 4.78 is 2.66. The summed E-state index contributed by atoms with van der Waals surface area (Å²) in [5, 5.41) is 2.67. The average molecular weight is 712 g/mol. The van der Waals surface area contributed by atoms with Gasteiger partial charge in [0.15, 0.2) is 0 Å². The topological polar surface area (TPSA) is 3.24 Å². The van der Waals surface area contributed by atoms with Crippen molar-refractivity contribution in [3.05, 3.63) is 175 Å². The first-order chi connectivity index (χ1) is 26.7. The molecule has 1 spiro atoms. The van der Waals surface area contributed by atoms with Crippen molar-refractivity contribution in [2.24, 2.45) is 23.7 Å². The predicted molar refractivity (Wildman–Crippen MR) is 228 cm³/mol. The van der Waals surface area contributed by atoms with Crippen molar-refractivity contribution in [3.8, 4) is 33.4 Å². The van der Waals surface area contributed by atoms with Gasteiger partial charge in [0.1, 0.15) is 0 Å². The smallest absolute Gasteiger partial charge is 0.0540 e. The summed E-state index contributed by atoms with van der Waals surface area (Å²) in [6.07, 6.45) is 7.00. The molecule has 7 aromatic carbocycles. The quantitative estimate of drug-likeness (QED) is 0.172. The van der Waals surface area contributed by atoms with E-state index >= 15 is 0 Å². The Balaban J connectivity index is 1.09. The number of thiophene rings is 1. The molecule has 1 heterocycles. The van der Waals surface area contributed by atoms with E-state index in [-0.39, 0.29) is 5.41 Å². The Morgan fingerprint density at radius 3 is 1.87 bits per heavy atom. The van der Waals surface area contributed by atoms with Crippen molar-refractivity contribution in [2.75, 3.05) is 4.90 Å². The monoisotopic (exact) mass is 711 g/mol. The summed E-state index contributed by atoms with van der Waals surface area (Å²) in [7, 11) is 0. The molecule has 0 radical (unpaired) electrons. The Morgan fingerprint density at radius 1 is 0.426 bits per heavy atom. The van der Waals surface area contributed by atoms with Crippen LogP contribution in [0.5, 0.6) is 0 Å². The van der Waals surface area contributed by atoms with Gasteiger partial charge in [-0.2, -0.15) is 0 Å². The van der Waals surface area contributed by atoms with E-state index in [1.165, 1.54) is 103 Å². The summed E-state index contributed by atoms with van der Waals surface area (Å²) >= 11 is 1.90. The van der Waals surface area contributed by atoms with Crippen molar-refractivity contribution in [1.82, 2.24) is 0 Å². The van der Waals surface area contributed by atoms with Gasteiger partial charge in [0.05, 0.1) is 5.69 Å². The van der Waals surface area contributed by atoms with E-state index in [2.05, 4.69) is 169 Å². The van der Waals surface area contributed by atoms with Crippen molar-refractivity contribution in [3.63, 3.8) is 0 Å². The van der Waals surface area contributed by atoms with Gasteiger partial charge >= 0.3 is 0 Å². The maximum atomic E-state index is 2.62. The van der Waals surface area contributed by atoms with Gasteiger partial charge in [-0.25, -0.2) is 0 Å². The van der Waals surface area contributed by atoms with Crippen molar-refractivity contribution < 1.29 is 0 Å². The zero-order chi connectivity index (χ0) is 35.4. The molecule has 0 unspecified atom stereocenters. The molecule has 5 aliphatic rings. The highest BCUT2D eigenvalue weighted by Gasteiger charge is 2.61. The Labute approximate surface area is 321 Å². The van der Waals surface area contributed by atoms with E-state index < -0.39 is 0 Å². The van der Waals surface area contributed by atoms with Gasteiger partial charge < -0.3 is 4.90 Å². The van der Waals surface area contributed by atoms with Crippen LogP contribution in [0.1, 0.15) is 43.2 Å². The molecule has 0 saturated heterocycles. The van der Waals surface area contributed by atoms with Crippen LogP contribution in [-0.4, -0.2) is 0 Å². The molecule has 13 rings (SSSR count). The molecule has 4 fully saturated rings. The second kappa shape index (κ2) is 11.8. The van der Waals surface area contributed by atoms with Crippen LogP contribution in [0.25, 0.3) is 53.6 Å². The fourth-order valence-corrected chi connectivity index (χ4v) is 13.1. The SMILES string of the molecule is c1ccc(-c2ccc3c(c2)C2(c4ccc(N(c5ccc6c(c5)sc5ccccc56)c5ccccc5-c5ccccc5)cc4-3)C3CC4CC(C3)CC2C4)cc1. The number of hydrogen-bond acceptors (Lipinski definition) is 2. The lowest BCUT2D eigenvalue weighted by Gasteiger charge is -2.61. The zero-order valence-corrected chi connectivity index (χ0v) is 31.1. The predicted octanol–water partition coefficient (Wildman–Crippen LogP) is 14.6. The Hall–Kier alpha value is -5.44. The third-order valence-corrected chi connectivity index (χ3v) is 15.0. The molecule has 0 aliphatic heterocycles. The summed E-state index contributed by atoms with van der Waals surface area (Å²) in [4.78, 5) is 2.53. The maximum absolute atomic E-state index is 2.62. The van der Waals surface area contributed by atoms with Crippen LogP contribution in [0, 0.1) is 23.7 Å². The fourth-order valence-electron chi connectivity index (χ4n) is 12.0. The number of rotatable bonds is 5. The van der Waals surface area contributed by atoms with Gasteiger partial charge in [0.25, 0.3) is 0 Å². The first kappa shape index (κ1) is 31.0. The third-order valence-electron chi connectivity index (χ3n) is 13.8. The molecule has 4 saturated carbocycles. The molecule has 0 amide bonds. The largest absolute Gasteiger partial charge is 0.310 e. The summed E-state index contributed by atoms with van der Waals surface area (Å²) in [6, 6.07) is 61.9. The lowest BCUT2D eigenvalue weighted by Crippen LogP contribution is -2.55. The molecular weight excluding hydrogens is 671 g/mol. The van der Waals surface area contributed by atoms with E-state index in [1.807, 2.05) is 11.3 Å². The fraction of sp³-hybridized carbons (Fsp3) is 0.192. The van der Waals surface area contributed by atoms with Crippen molar-refractivity contribution in [2.45, 2.75) is 37.5 Å². The molecule has 0 atom stereocenters. The van der Waals surface area contributed by atoms with E-state index in [9.17, 15) is 0 Å². The summed E-state index contributed by atoms with van der Waals surface area (Å²) in [5.41, 5.74) is 14.9. The van der Waals surface area contributed by atoms with Gasteiger partial charge in [-0.3, -0.25) is 0 Å².